The van der Waals surface area contributed by atoms with Crippen LogP contribution >= 0.6 is 11.3 Å². The molecule has 0 aromatic carbocycles. The van der Waals surface area contributed by atoms with Gasteiger partial charge in [0.2, 0.25) is 11.7 Å². The second-order valence-corrected chi connectivity index (χ2v) is 4.34. The highest BCUT2D eigenvalue weighted by atomic mass is 32.1. The number of thiazole rings is 1. The van der Waals surface area contributed by atoms with Crippen LogP contribution in [0.1, 0.15) is 0 Å². The summed E-state index contributed by atoms with van der Waals surface area (Å²) in [7, 11) is 1.52. The molecule has 0 saturated carbocycles. The third-order valence-electron chi connectivity index (χ3n) is 2.25. The predicted octanol–water partition coefficient (Wildman–Crippen LogP) is 1.24. The molecule has 0 unspecified atom stereocenters. The highest BCUT2D eigenvalue weighted by Gasteiger charge is 2.14. The molecule has 19 heavy (non-hydrogen) atoms. The standard InChI is InChI=1S/C10H8N6O2S/c1-17-7-3-2-5(14-15-7)8-13-9(18-16-8)6-4-19-10(11)12-6/h2-4H,1H3,(H2,11,12). The Morgan fingerprint density at radius 1 is 1.21 bits per heavy atom. The van der Waals surface area contributed by atoms with Crippen molar-refractivity contribution in [3.05, 3.63) is 17.5 Å². The molecule has 9 heteroatoms. The lowest BCUT2D eigenvalue weighted by Gasteiger charge is -1.96. The summed E-state index contributed by atoms with van der Waals surface area (Å²) in [4.78, 5) is 8.25. The van der Waals surface area contributed by atoms with Crippen LogP contribution in [0.25, 0.3) is 23.1 Å². The van der Waals surface area contributed by atoms with Gasteiger partial charge in [0.15, 0.2) is 5.13 Å². The van der Waals surface area contributed by atoms with Gasteiger partial charge < -0.3 is 15.0 Å². The van der Waals surface area contributed by atoms with Gasteiger partial charge in [-0.05, 0) is 6.07 Å². The predicted molar refractivity (Wildman–Crippen MR) is 67.4 cm³/mol. The fraction of sp³-hybridized carbons (Fsp3) is 0.100. The van der Waals surface area contributed by atoms with E-state index in [2.05, 4.69) is 25.3 Å². The number of methoxy groups -OCH3 is 1. The van der Waals surface area contributed by atoms with E-state index in [-0.39, 0.29) is 0 Å². The minimum atomic E-state index is 0.292. The van der Waals surface area contributed by atoms with E-state index in [1.807, 2.05) is 0 Å². The Hall–Kier alpha value is -2.55. The van der Waals surface area contributed by atoms with Crippen LogP contribution in [0.4, 0.5) is 5.13 Å². The van der Waals surface area contributed by atoms with E-state index < -0.39 is 0 Å². The van der Waals surface area contributed by atoms with Crippen LogP contribution in [-0.2, 0) is 0 Å². The van der Waals surface area contributed by atoms with Crippen molar-refractivity contribution in [2.45, 2.75) is 0 Å². The number of nitrogen functional groups attached to an aromatic ring is 1. The third-order valence-corrected chi connectivity index (χ3v) is 2.92. The normalized spacial score (nSPS) is 10.6. The summed E-state index contributed by atoms with van der Waals surface area (Å²) >= 11 is 1.30. The van der Waals surface area contributed by atoms with Gasteiger partial charge in [-0.2, -0.15) is 4.98 Å². The molecular weight excluding hydrogens is 268 g/mol. The lowest BCUT2D eigenvalue weighted by Crippen LogP contribution is -1.93. The number of hydrogen-bond acceptors (Lipinski definition) is 9. The van der Waals surface area contributed by atoms with Crippen molar-refractivity contribution in [3.63, 3.8) is 0 Å². The molecule has 0 aliphatic heterocycles. The topological polar surface area (TPSA) is 113 Å². The van der Waals surface area contributed by atoms with Gasteiger partial charge in [-0.1, -0.05) is 5.16 Å². The molecule has 2 N–H and O–H groups in total. The van der Waals surface area contributed by atoms with Crippen molar-refractivity contribution in [2.24, 2.45) is 0 Å². The van der Waals surface area contributed by atoms with E-state index in [9.17, 15) is 0 Å². The molecule has 0 atom stereocenters. The van der Waals surface area contributed by atoms with Crippen molar-refractivity contribution in [1.82, 2.24) is 25.3 Å². The van der Waals surface area contributed by atoms with Gasteiger partial charge >= 0.3 is 0 Å². The quantitative estimate of drug-likeness (QED) is 0.760. The zero-order valence-electron chi connectivity index (χ0n) is 9.77. The molecule has 3 heterocycles. The first-order valence-electron chi connectivity index (χ1n) is 5.19. The van der Waals surface area contributed by atoms with Crippen LogP contribution in [0.5, 0.6) is 5.88 Å². The second-order valence-electron chi connectivity index (χ2n) is 3.46. The van der Waals surface area contributed by atoms with E-state index in [0.29, 0.717) is 34.1 Å². The monoisotopic (exact) mass is 276 g/mol. The molecule has 0 aliphatic rings. The average molecular weight is 276 g/mol. The maximum atomic E-state index is 5.55. The van der Waals surface area contributed by atoms with Crippen molar-refractivity contribution in [2.75, 3.05) is 12.8 Å². The third kappa shape index (κ3) is 2.22. The van der Waals surface area contributed by atoms with Gasteiger partial charge in [0, 0.05) is 11.4 Å². The number of aromatic nitrogens is 5. The summed E-state index contributed by atoms with van der Waals surface area (Å²) in [6.45, 7) is 0. The lowest BCUT2D eigenvalue weighted by atomic mass is 10.4. The highest BCUT2D eigenvalue weighted by molar-refractivity contribution is 7.13. The molecule has 0 bridgehead atoms. The average Bonchev–Trinajstić information content (AvgIpc) is 3.07. The van der Waals surface area contributed by atoms with Gasteiger partial charge in [-0.3, -0.25) is 0 Å². The van der Waals surface area contributed by atoms with E-state index in [0.717, 1.165) is 0 Å². The van der Waals surface area contributed by atoms with Gasteiger partial charge in [0.1, 0.15) is 11.4 Å². The van der Waals surface area contributed by atoms with Gasteiger partial charge in [-0.25, -0.2) is 4.98 Å². The molecule has 3 aromatic heterocycles. The Kier molecular flexibility index (Phi) is 2.80. The Bertz CT molecular complexity index is 692. The molecule has 0 spiro atoms. The first kappa shape index (κ1) is 11.5. The van der Waals surface area contributed by atoms with Gasteiger partial charge in [0.05, 0.1) is 7.11 Å². The fourth-order valence-electron chi connectivity index (χ4n) is 1.37. The molecular formula is C10H8N6O2S. The molecule has 0 fully saturated rings. The summed E-state index contributed by atoms with van der Waals surface area (Å²) in [6, 6.07) is 3.36. The van der Waals surface area contributed by atoms with Crippen molar-refractivity contribution < 1.29 is 9.26 Å². The molecule has 3 rings (SSSR count). The molecule has 0 radical (unpaired) electrons. The molecule has 96 valence electrons. The number of ether oxygens (including phenoxy) is 1. The Labute approximate surface area is 111 Å². The summed E-state index contributed by atoms with van der Waals surface area (Å²) in [5, 5.41) is 13.8. The fourth-order valence-corrected chi connectivity index (χ4v) is 1.90. The van der Waals surface area contributed by atoms with Crippen LogP contribution in [-0.4, -0.2) is 32.4 Å². The van der Waals surface area contributed by atoms with Crippen LogP contribution in [0.3, 0.4) is 0 Å². The summed E-state index contributed by atoms with van der Waals surface area (Å²) in [5.74, 6) is 1.04. The molecule has 8 nitrogen and oxygen atoms in total. The van der Waals surface area contributed by atoms with Crippen molar-refractivity contribution >= 4 is 16.5 Å². The van der Waals surface area contributed by atoms with E-state index >= 15 is 0 Å². The Morgan fingerprint density at radius 2 is 2.11 bits per heavy atom. The van der Waals surface area contributed by atoms with Gasteiger partial charge in [0.25, 0.3) is 5.89 Å². The maximum Gasteiger partial charge on any atom is 0.277 e. The van der Waals surface area contributed by atoms with Crippen LogP contribution in [0, 0.1) is 0 Å². The number of rotatable bonds is 3. The number of nitrogens with two attached hydrogens (primary N) is 1. The number of anilines is 1. The SMILES string of the molecule is COc1ccc(-c2noc(-c3csc(N)n3)n2)nn1. The minimum Gasteiger partial charge on any atom is -0.480 e. The molecule has 0 saturated heterocycles. The maximum absolute atomic E-state index is 5.55. The van der Waals surface area contributed by atoms with Crippen molar-refractivity contribution in [1.29, 1.82) is 0 Å². The van der Waals surface area contributed by atoms with E-state index in [1.54, 1.807) is 17.5 Å². The summed E-state index contributed by atoms with van der Waals surface area (Å²) < 4.78 is 10.0. The Balaban J connectivity index is 1.91. The lowest BCUT2D eigenvalue weighted by molar-refractivity contribution is 0.392. The smallest absolute Gasteiger partial charge is 0.277 e. The second kappa shape index (κ2) is 4.61. The largest absolute Gasteiger partial charge is 0.480 e. The number of hydrogen-bond donors (Lipinski definition) is 1. The molecule has 3 aromatic rings. The van der Waals surface area contributed by atoms with Gasteiger partial charge in [-0.15, -0.1) is 21.5 Å². The molecule has 0 amide bonds. The zero-order valence-corrected chi connectivity index (χ0v) is 10.6. The Morgan fingerprint density at radius 3 is 2.74 bits per heavy atom. The minimum absolute atomic E-state index is 0.292. The first-order valence-corrected chi connectivity index (χ1v) is 6.07. The zero-order chi connectivity index (χ0) is 13.2. The summed E-state index contributed by atoms with van der Waals surface area (Å²) in [6.07, 6.45) is 0. The number of nitrogens with zero attached hydrogens (tertiary/aromatic N) is 5. The van der Waals surface area contributed by atoms with Crippen molar-refractivity contribution in [3.8, 4) is 29.0 Å². The summed E-state index contributed by atoms with van der Waals surface area (Å²) in [5.41, 5.74) is 6.58. The first-order chi connectivity index (χ1) is 9.26. The van der Waals surface area contributed by atoms with Crippen LogP contribution < -0.4 is 10.5 Å². The highest BCUT2D eigenvalue weighted by Crippen LogP contribution is 2.23. The van der Waals surface area contributed by atoms with Crippen LogP contribution in [0.15, 0.2) is 22.0 Å². The van der Waals surface area contributed by atoms with E-state index in [4.69, 9.17) is 15.0 Å². The van der Waals surface area contributed by atoms with E-state index in [1.165, 1.54) is 18.4 Å². The van der Waals surface area contributed by atoms with Crippen LogP contribution in [0.2, 0.25) is 0 Å². The molecule has 0 aliphatic carbocycles.